The molecule has 0 bridgehead atoms. The van der Waals surface area contributed by atoms with E-state index < -0.39 is 15.6 Å². The molecule has 0 spiro atoms. The highest BCUT2D eigenvalue weighted by Crippen LogP contribution is 2.14. The molecule has 9 heteroatoms. The number of guanidine groups is 1. The number of aliphatic imine (C=N–C) groups is 1. The summed E-state index contributed by atoms with van der Waals surface area (Å²) in [7, 11) is -1.68. The van der Waals surface area contributed by atoms with E-state index in [4.69, 9.17) is 4.74 Å². The smallest absolute Gasteiger partial charge is 0.209 e. The third-order valence-corrected chi connectivity index (χ3v) is 4.36. The Morgan fingerprint density at radius 3 is 2.58 bits per heavy atom. The molecule has 0 saturated heterocycles. The third kappa shape index (κ3) is 9.00. The van der Waals surface area contributed by atoms with E-state index >= 15 is 0 Å². The van der Waals surface area contributed by atoms with Gasteiger partial charge in [-0.2, -0.15) is 0 Å². The summed E-state index contributed by atoms with van der Waals surface area (Å²) in [5, 5.41) is 6.21. The van der Waals surface area contributed by atoms with E-state index in [1.807, 2.05) is 6.92 Å². The summed E-state index contributed by atoms with van der Waals surface area (Å²) < 4.78 is 44.3. The van der Waals surface area contributed by atoms with Gasteiger partial charge in [0.05, 0.1) is 12.8 Å². The van der Waals surface area contributed by atoms with Crippen molar-refractivity contribution in [1.82, 2.24) is 15.4 Å². The molecule has 1 aromatic carbocycles. The highest BCUT2D eigenvalue weighted by atomic mass is 32.2. The normalized spacial score (nSPS) is 14.0. The summed E-state index contributed by atoms with van der Waals surface area (Å²) in [5.74, 6) is 0.651. The van der Waals surface area contributed by atoms with Gasteiger partial charge >= 0.3 is 0 Å². The molecule has 0 aliphatic heterocycles. The number of rotatable bonds is 9. The molecule has 0 radical (unpaired) electrons. The number of sulfonamides is 1. The predicted molar refractivity (Wildman–Crippen MR) is 103 cm³/mol. The maximum Gasteiger partial charge on any atom is 0.209 e. The van der Waals surface area contributed by atoms with Crippen LogP contribution in [0.15, 0.2) is 29.3 Å². The quantitative estimate of drug-likeness (QED) is 0.440. The van der Waals surface area contributed by atoms with Crippen molar-refractivity contribution in [3.63, 3.8) is 0 Å². The number of nitrogens with one attached hydrogen (secondary N) is 3. The molecule has 7 nitrogen and oxygen atoms in total. The van der Waals surface area contributed by atoms with Crippen molar-refractivity contribution in [3.8, 4) is 5.75 Å². The summed E-state index contributed by atoms with van der Waals surface area (Å²) in [5.41, 5.74) is -0.673. The van der Waals surface area contributed by atoms with Gasteiger partial charge in [0.2, 0.25) is 10.0 Å². The highest BCUT2D eigenvalue weighted by molar-refractivity contribution is 7.88. The van der Waals surface area contributed by atoms with Crippen molar-refractivity contribution in [3.05, 3.63) is 30.1 Å². The Morgan fingerprint density at radius 1 is 1.35 bits per heavy atom. The molecular formula is C17H29FN4O3S. The van der Waals surface area contributed by atoms with Crippen LogP contribution in [-0.2, 0) is 10.0 Å². The Bertz CT molecular complexity index is 708. The molecule has 1 atom stereocenters. The monoisotopic (exact) mass is 388 g/mol. The van der Waals surface area contributed by atoms with E-state index in [1.54, 1.807) is 33.0 Å². The number of nitrogens with zero attached hydrogens (tertiary/aromatic N) is 1. The second kappa shape index (κ2) is 9.72. The zero-order valence-electron chi connectivity index (χ0n) is 16.0. The molecule has 26 heavy (non-hydrogen) atoms. The van der Waals surface area contributed by atoms with Crippen molar-refractivity contribution in [1.29, 1.82) is 0 Å². The molecule has 1 aromatic rings. The summed E-state index contributed by atoms with van der Waals surface area (Å²) in [4.78, 5) is 4.12. The van der Waals surface area contributed by atoms with Gasteiger partial charge in [-0.1, -0.05) is 13.0 Å². The van der Waals surface area contributed by atoms with E-state index in [1.165, 1.54) is 12.1 Å². The third-order valence-electron chi connectivity index (χ3n) is 3.43. The number of hydrogen-bond acceptors (Lipinski definition) is 4. The van der Waals surface area contributed by atoms with Crippen molar-refractivity contribution in [2.45, 2.75) is 38.8 Å². The molecule has 0 heterocycles. The first kappa shape index (κ1) is 22.2. The van der Waals surface area contributed by atoms with Gasteiger partial charge in [0.25, 0.3) is 0 Å². The van der Waals surface area contributed by atoms with Gasteiger partial charge in [0.1, 0.15) is 17.7 Å². The Balaban J connectivity index is 2.54. The fourth-order valence-electron chi connectivity index (χ4n) is 2.28. The van der Waals surface area contributed by atoms with E-state index in [-0.39, 0.29) is 11.9 Å². The van der Waals surface area contributed by atoms with Gasteiger partial charge in [-0.3, -0.25) is 4.99 Å². The lowest BCUT2D eigenvalue weighted by molar-refractivity contribution is 0.198. The summed E-state index contributed by atoms with van der Waals surface area (Å²) in [6.45, 7) is 6.33. The Labute approximate surface area is 155 Å². The molecule has 0 amide bonds. The van der Waals surface area contributed by atoms with Crippen LogP contribution in [-0.4, -0.2) is 52.4 Å². The molecule has 0 fully saturated rings. The van der Waals surface area contributed by atoms with Crippen molar-refractivity contribution < 1.29 is 17.5 Å². The van der Waals surface area contributed by atoms with Crippen LogP contribution in [0.1, 0.15) is 27.2 Å². The minimum Gasteiger partial charge on any atom is -0.489 e. The van der Waals surface area contributed by atoms with Crippen LogP contribution < -0.4 is 20.1 Å². The standard InChI is InChI=1S/C17H29FN4O3S/c1-6-14(25-15-9-7-8-13(18)10-15)11-20-16(19-4)21-12-17(2,3)22-26(5,23)24/h7-10,14,22H,6,11-12H2,1-5H3,(H2,19,20,21). The molecule has 3 N–H and O–H groups in total. The van der Waals surface area contributed by atoms with Gasteiger partial charge in [0.15, 0.2) is 5.96 Å². The van der Waals surface area contributed by atoms with Crippen LogP contribution in [0.25, 0.3) is 0 Å². The van der Waals surface area contributed by atoms with Crippen LogP contribution in [0, 0.1) is 5.82 Å². The zero-order valence-corrected chi connectivity index (χ0v) is 16.8. The molecular weight excluding hydrogens is 359 g/mol. The summed E-state index contributed by atoms with van der Waals surface area (Å²) in [6, 6.07) is 6.01. The largest absolute Gasteiger partial charge is 0.489 e. The van der Waals surface area contributed by atoms with Gasteiger partial charge in [-0.25, -0.2) is 17.5 Å². The van der Waals surface area contributed by atoms with Gasteiger partial charge in [0, 0.05) is 25.2 Å². The van der Waals surface area contributed by atoms with E-state index in [0.29, 0.717) is 24.8 Å². The minimum atomic E-state index is -3.31. The van der Waals surface area contributed by atoms with Gasteiger partial charge in [-0.05, 0) is 32.4 Å². The van der Waals surface area contributed by atoms with Gasteiger partial charge < -0.3 is 15.4 Å². The molecule has 1 unspecified atom stereocenters. The van der Waals surface area contributed by atoms with E-state index in [9.17, 15) is 12.8 Å². The van der Waals surface area contributed by atoms with E-state index in [2.05, 4.69) is 20.3 Å². The molecule has 0 aliphatic carbocycles. The first-order valence-corrected chi connectivity index (χ1v) is 10.3. The molecule has 0 aliphatic rings. The maximum absolute atomic E-state index is 13.2. The lowest BCUT2D eigenvalue weighted by atomic mass is 10.1. The average Bonchev–Trinajstić information content (AvgIpc) is 2.51. The minimum absolute atomic E-state index is 0.169. The maximum atomic E-state index is 13.2. The van der Waals surface area contributed by atoms with Crippen LogP contribution >= 0.6 is 0 Å². The fraction of sp³-hybridized carbons (Fsp3) is 0.588. The molecule has 1 rings (SSSR count). The van der Waals surface area contributed by atoms with Crippen LogP contribution in [0.3, 0.4) is 0 Å². The highest BCUT2D eigenvalue weighted by Gasteiger charge is 2.22. The second-order valence-corrected chi connectivity index (χ2v) is 8.42. The second-order valence-electron chi connectivity index (χ2n) is 6.67. The van der Waals surface area contributed by atoms with Crippen molar-refractivity contribution >= 4 is 16.0 Å². The Kier molecular flexibility index (Phi) is 8.29. The van der Waals surface area contributed by atoms with Crippen LogP contribution in [0.2, 0.25) is 0 Å². The fourth-order valence-corrected chi connectivity index (χ4v) is 3.35. The average molecular weight is 389 g/mol. The SMILES string of the molecule is CCC(CNC(=NC)NCC(C)(C)NS(C)(=O)=O)Oc1cccc(F)c1. The number of benzene rings is 1. The first-order valence-electron chi connectivity index (χ1n) is 8.40. The predicted octanol–water partition coefficient (Wildman–Crippen LogP) is 1.48. The van der Waals surface area contributed by atoms with Crippen LogP contribution in [0.5, 0.6) is 5.75 Å². The molecule has 0 aromatic heterocycles. The van der Waals surface area contributed by atoms with Crippen molar-refractivity contribution in [2.24, 2.45) is 4.99 Å². The first-order chi connectivity index (χ1) is 12.0. The lowest BCUT2D eigenvalue weighted by Gasteiger charge is -2.27. The topological polar surface area (TPSA) is 91.8 Å². The Morgan fingerprint density at radius 2 is 2.04 bits per heavy atom. The van der Waals surface area contributed by atoms with Crippen LogP contribution in [0.4, 0.5) is 4.39 Å². The summed E-state index contributed by atoms with van der Waals surface area (Å²) >= 11 is 0. The number of ether oxygens (including phenoxy) is 1. The lowest BCUT2D eigenvalue weighted by Crippen LogP contribution is -2.53. The Hall–Kier alpha value is -1.87. The van der Waals surface area contributed by atoms with Gasteiger partial charge in [-0.15, -0.1) is 0 Å². The summed E-state index contributed by atoms with van der Waals surface area (Å²) in [6.07, 6.45) is 1.68. The molecule has 0 saturated carbocycles. The zero-order chi connectivity index (χ0) is 19.8. The number of hydrogen-bond donors (Lipinski definition) is 3. The number of halogens is 1. The van der Waals surface area contributed by atoms with E-state index in [0.717, 1.165) is 12.7 Å². The molecule has 148 valence electrons. The van der Waals surface area contributed by atoms with Crippen molar-refractivity contribution in [2.75, 3.05) is 26.4 Å².